The first-order chi connectivity index (χ1) is 5.79. The van der Waals surface area contributed by atoms with E-state index in [1.165, 1.54) is 16.7 Å². The Bertz CT molecular complexity index is 306. The molecule has 0 heterocycles. The zero-order chi connectivity index (χ0) is 8.97. The number of rotatable bonds is 2. The van der Waals surface area contributed by atoms with Gasteiger partial charge in [-0.1, -0.05) is 43.0 Å². The zero-order valence-electron chi connectivity index (χ0n) is 7.67. The van der Waals surface area contributed by atoms with Gasteiger partial charge in [0.25, 0.3) is 0 Å². The molecule has 0 atom stereocenters. The van der Waals surface area contributed by atoms with Crippen molar-refractivity contribution in [3.05, 3.63) is 48.0 Å². The van der Waals surface area contributed by atoms with E-state index in [1.807, 2.05) is 12.1 Å². The summed E-state index contributed by atoms with van der Waals surface area (Å²) >= 11 is 0. The van der Waals surface area contributed by atoms with Gasteiger partial charge in [-0.25, -0.2) is 0 Å². The van der Waals surface area contributed by atoms with Gasteiger partial charge in [0.15, 0.2) is 0 Å². The fourth-order valence-electron chi connectivity index (χ4n) is 1.19. The maximum Gasteiger partial charge on any atom is -0.0158 e. The first-order valence-corrected chi connectivity index (χ1v) is 4.14. The first-order valence-electron chi connectivity index (χ1n) is 4.14. The van der Waals surface area contributed by atoms with Gasteiger partial charge in [-0.2, -0.15) is 0 Å². The van der Waals surface area contributed by atoms with Crippen LogP contribution in [0.15, 0.2) is 36.9 Å². The molecule has 0 nitrogen and oxygen atoms in total. The van der Waals surface area contributed by atoms with Crippen molar-refractivity contribution in [1.29, 1.82) is 0 Å². The van der Waals surface area contributed by atoms with Gasteiger partial charge in [-0.15, -0.1) is 0 Å². The van der Waals surface area contributed by atoms with Gasteiger partial charge in [0.1, 0.15) is 0 Å². The van der Waals surface area contributed by atoms with Gasteiger partial charge in [-0.3, -0.25) is 0 Å². The molecule has 0 spiro atoms. The minimum atomic E-state index is 1.20. The van der Waals surface area contributed by atoms with Crippen molar-refractivity contribution in [1.82, 2.24) is 0 Å². The fraction of sp³-hybridized carbons (Fsp3) is 0.167. The monoisotopic (exact) mass is 158 g/mol. The molecular weight excluding hydrogens is 144 g/mol. The third-order valence-electron chi connectivity index (χ3n) is 2.04. The van der Waals surface area contributed by atoms with Crippen LogP contribution in [0.3, 0.4) is 0 Å². The average Bonchev–Trinajstić information content (AvgIpc) is 2.16. The molecule has 0 saturated heterocycles. The maximum atomic E-state index is 3.78. The summed E-state index contributed by atoms with van der Waals surface area (Å²) in [7, 11) is 0. The summed E-state index contributed by atoms with van der Waals surface area (Å²) in [5, 5.41) is 0. The number of allylic oxidation sites excluding steroid dienone is 2. The van der Waals surface area contributed by atoms with E-state index in [0.717, 1.165) is 0 Å². The quantitative estimate of drug-likeness (QED) is 0.615. The second-order valence-corrected chi connectivity index (χ2v) is 2.76. The lowest BCUT2D eigenvalue weighted by molar-refractivity contribution is 1.52. The second-order valence-electron chi connectivity index (χ2n) is 2.76. The highest BCUT2D eigenvalue weighted by molar-refractivity contribution is 5.72. The summed E-state index contributed by atoms with van der Waals surface area (Å²) < 4.78 is 0. The van der Waals surface area contributed by atoms with Crippen LogP contribution in [0.1, 0.15) is 25.0 Å². The molecule has 0 amide bonds. The van der Waals surface area contributed by atoms with Crippen molar-refractivity contribution in [2.24, 2.45) is 0 Å². The van der Waals surface area contributed by atoms with E-state index >= 15 is 0 Å². The highest BCUT2D eigenvalue weighted by Crippen LogP contribution is 2.18. The topological polar surface area (TPSA) is 0 Å². The molecule has 0 unspecified atom stereocenters. The standard InChI is InChI=1S/C12H14/c1-4-10(3)12-9-7-6-8-11(12)5-2/h4-9H,2H2,1,3H3/b10-4-. The normalized spacial score (nSPS) is 11.3. The molecule has 0 aliphatic rings. The van der Waals surface area contributed by atoms with Gasteiger partial charge in [-0.05, 0) is 30.5 Å². The van der Waals surface area contributed by atoms with E-state index in [-0.39, 0.29) is 0 Å². The fourth-order valence-corrected chi connectivity index (χ4v) is 1.19. The molecule has 0 aliphatic carbocycles. The summed E-state index contributed by atoms with van der Waals surface area (Å²) in [6.45, 7) is 7.95. The molecule has 0 fully saturated rings. The largest absolute Gasteiger partial charge is 0.0984 e. The average molecular weight is 158 g/mol. The van der Waals surface area contributed by atoms with Crippen molar-refractivity contribution in [3.63, 3.8) is 0 Å². The molecule has 0 N–H and O–H groups in total. The molecule has 1 rings (SSSR count). The molecule has 1 aromatic carbocycles. The van der Waals surface area contributed by atoms with Crippen LogP contribution in [-0.4, -0.2) is 0 Å². The van der Waals surface area contributed by atoms with Crippen molar-refractivity contribution in [3.8, 4) is 0 Å². The molecule has 0 aliphatic heterocycles. The van der Waals surface area contributed by atoms with E-state index < -0.39 is 0 Å². The summed E-state index contributed by atoms with van der Waals surface area (Å²) in [6, 6.07) is 8.28. The summed E-state index contributed by atoms with van der Waals surface area (Å²) in [5.74, 6) is 0. The molecule has 0 radical (unpaired) electrons. The summed E-state index contributed by atoms with van der Waals surface area (Å²) in [6.07, 6.45) is 4.00. The number of hydrogen-bond acceptors (Lipinski definition) is 0. The van der Waals surface area contributed by atoms with E-state index in [4.69, 9.17) is 0 Å². The Morgan fingerprint density at radius 2 is 2.00 bits per heavy atom. The Hall–Kier alpha value is -1.30. The lowest BCUT2D eigenvalue weighted by atomic mass is 10.0. The molecule has 12 heavy (non-hydrogen) atoms. The van der Waals surface area contributed by atoms with E-state index in [0.29, 0.717) is 0 Å². The van der Waals surface area contributed by atoms with Gasteiger partial charge < -0.3 is 0 Å². The highest BCUT2D eigenvalue weighted by atomic mass is 14.0. The summed E-state index contributed by atoms with van der Waals surface area (Å²) in [5.41, 5.74) is 3.77. The van der Waals surface area contributed by atoms with E-state index in [9.17, 15) is 0 Å². The van der Waals surface area contributed by atoms with Gasteiger partial charge in [0.05, 0.1) is 0 Å². The molecular formula is C12H14. The predicted molar refractivity (Wildman–Crippen MR) is 55.9 cm³/mol. The number of hydrogen-bond donors (Lipinski definition) is 0. The maximum absolute atomic E-state index is 3.78. The number of benzene rings is 1. The van der Waals surface area contributed by atoms with Crippen LogP contribution in [0, 0.1) is 0 Å². The van der Waals surface area contributed by atoms with Crippen LogP contribution in [0.4, 0.5) is 0 Å². The third-order valence-corrected chi connectivity index (χ3v) is 2.04. The lowest BCUT2D eigenvalue weighted by Gasteiger charge is -2.04. The summed E-state index contributed by atoms with van der Waals surface area (Å²) in [4.78, 5) is 0. The van der Waals surface area contributed by atoms with E-state index in [1.54, 1.807) is 0 Å². The Kier molecular flexibility index (Phi) is 2.87. The van der Waals surface area contributed by atoms with Crippen LogP contribution < -0.4 is 0 Å². The zero-order valence-corrected chi connectivity index (χ0v) is 7.67. The lowest BCUT2D eigenvalue weighted by Crippen LogP contribution is -1.83. The van der Waals surface area contributed by atoms with Crippen LogP contribution in [-0.2, 0) is 0 Å². The van der Waals surface area contributed by atoms with Crippen molar-refractivity contribution >= 4 is 11.6 Å². The minimum absolute atomic E-state index is 1.20. The van der Waals surface area contributed by atoms with Crippen molar-refractivity contribution in [2.75, 3.05) is 0 Å². The molecule has 1 aromatic rings. The molecule has 0 bridgehead atoms. The molecule has 0 saturated carbocycles. The SMILES string of the molecule is C=Cc1ccccc1/C(C)=C\C. The Morgan fingerprint density at radius 1 is 1.33 bits per heavy atom. The van der Waals surface area contributed by atoms with Gasteiger partial charge in [0.2, 0.25) is 0 Å². The predicted octanol–water partition coefficient (Wildman–Crippen LogP) is 3.75. The van der Waals surface area contributed by atoms with Crippen molar-refractivity contribution < 1.29 is 0 Å². The van der Waals surface area contributed by atoms with Crippen molar-refractivity contribution in [2.45, 2.75) is 13.8 Å². The smallest absolute Gasteiger partial charge is 0.0158 e. The van der Waals surface area contributed by atoms with Gasteiger partial charge in [0, 0.05) is 0 Å². The highest BCUT2D eigenvalue weighted by Gasteiger charge is 1.97. The van der Waals surface area contributed by atoms with Crippen LogP contribution >= 0.6 is 0 Å². The molecule has 0 heteroatoms. The van der Waals surface area contributed by atoms with Gasteiger partial charge >= 0.3 is 0 Å². The van der Waals surface area contributed by atoms with E-state index in [2.05, 4.69) is 44.7 Å². The first kappa shape index (κ1) is 8.79. The second kappa shape index (κ2) is 3.91. The Balaban J connectivity index is 3.22. The third kappa shape index (κ3) is 1.65. The minimum Gasteiger partial charge on any atom is -0.0984 e. The van der Waals surface area contributed by atoms with Crippen LogP contribution in [0.2, 0.25) is 0 Å². The van der Waals surface area contributed by atoms with Crippen LogP contribution in [0.25, 0.3) is 11.6 Å². The van der Waals surface area contributed by atoms with Crippen LogP contribution in [0.5, 0.6) is 0 Å². The Morgan fingerprint density at radius 3 is 2.58 bits per heavy atom. The molecule has 0 aromatic heterocycles. The Labute approximate surface area is 74.2 Å². The molecule has 62 valence electrons.